The molecule has 1 aromatic carbocycles. The molecule has 0 saturated heterocycles. The highest BCUT2D eigenvalue weighted by Gasteiger charge is 2.09. The van der Waals surface area contributed by atoms with E-state index in [1.807, 2.05) is 19.4 Å². The molecule has 0 bridgehead atoms. The number of hydrogen-bond donors (Lipinski definition) is 1. The molecule has 0 fully saturated rings. The Morgan fingerprint density at radius 2 is 2.22 bits per heavy atom. The van der Waals surface area contributed by atoms with E-state index in [2.05, 4.69) is 55.9 Å². The first-order valence-electron chi connectivity index (χ1n) is 6.22. The molecular formula is C14H18BrN3. The molecule has 0 atom stereocenters. The van der Waals surface area contributed by atoms with E-state index in [9.17, 15) is 0 Å². The van der Waals surface area contributed by atoms with Gasteiger partial charge in [-0.3, -0.25) is 0 Å². The summed E-state index contributed by atoms with van der Waals surface area (Å²) in [5, 5.41) is 3.21. The zero-order valence-corrected chi connectivity index (χ0v) is 12.4. The average Bonchev–Trinajstić information content (AvgIpc) is 2.80. The van der Waals surface area contributed by atoms with E-state index in [1.54, 1.807) is 0 Å². The maximum Gasteiger partial charge on any atom is 0.113 e. The lowest BCUT2D eigenvalue weighted by molar-refractivity contribution is 0.779. The first-order chi connectivity index (χ1) is 8.76. The van der Waals surface area contributed by atoms with Gasteiger partial charge >= 0.3 is 0 Å². The Labute approximate surface area is 116 Å². The molecule has 0 spiro atoms. The molecule has 18 heavy (non-hydrogen) atoms. The normalized spacial score (nSPS) is 10.8. The molecule has 0 radical (unpaired) electrons. The summed E-state index contributed by atoms with van der Waals surface area (Å²) in [5.41, 5.74) is 2.47. The average molecular weight is 308 g/mol. The Morgan fingerprint density at radius 1 is 1.39 bits per heavy atom. The molecule has 3 nitrogen and oxygen atoms in total. The lowest BCUT2D eigenvalue weighted by Crippen LogP contribution is -2.10. The van der Waals surface area contributed by atoms with E-state index in [4.69, 9.17) is 0 Å². The Morgan fingerprint density at radius 3 is 2.94 bits per heavy atom. The number of halogens is 1. The van der Waals surface area contributed by atoms with Crippen molar-refractivity contribution < 1.29 is 0 Å². The van der Waals surface area contributed by atoms with Crippen LogP contribution in [0.4, 0.5) is 0 Å². The molecule has 0 unspecified atom stereocenters. The van der Waals surface area contributed by atoms with Crippen molar-refractivity contribution in [3.63, 3.8) is 0 Å². The molecule has 0 saturated carbocycles. The molecule has 2 aromatic rings. The maximum absolute atomic E-state index is 4.44. The number of hydrogen-bond acceptors (Lipinski definition) is 2. The fraction of sp³-hybridized carbons (Fsp3) is 0.357. The number of nitrogens with zero attached hydrogens (tertiary/aromatic N) is 2. The fourth-order valence-corrected chi connectivity index (χ4v) is 2.41. The Bertz CT molecular complexity index is 520. The van der Waals surface area contributed by atoms with Gasteiger partial charge < -0.3 is 9.88 Å². The maximum atomic E-state index is 4.44. The number of aryl methyl sites for hydroxylation is 1. The molecule has 1 aromatic heterocycles. The topological polar surface area (TPSA) is 29.9 Å². The van der Waals surface area contributed by atoms with Crippen molar-refractivity contribution in [1.82, 2.24) is 14.9 Å². The Hall–Kier alpha value is -1.13. The van der Waals surface area contributed by atoms with Gasteiger partial charge in [0.1, 0.15) is 5.82 Å². The second kappa shape index (κ2) is 6.16. The molecule has 1 heterocycles. The molecule has 0 aliphatic heterocycles. The molecule has 96 valence electrons. The van der Waals surface area contributed by atoms with Crippen molar-refractivity contribution in [1.29, 1.82) is 0 Å². The van der Waals surface area contributed by atoms with Crippen molar-refractivity contribution >= 4 is 15.9 Å². The van der Waals surface area contributed by atoms with E-state index in [0.29, 0.717) is 0 Å². The molecule has 0 aliphatic rings. The summed E-state index contributed by atoms with van der Waals surface area (Å²) in [4.78, 5) is 4.44. The van der Waals surface area contributed by atoms with Crippen molar-refractivity contribution in [2.24, 2.45) is 0 Å². The third-order valence-corrected chi connectivity index (χ3v) is 3.36. The van der Waals surface area contributed by atoms with Gasteiger partial charge in [0.25, 0.3) is 0 Å². The van der Waals surface area contributed by atoms with Crippen molar-refractivity contribution in [3.8, 4) is 5.69 Å². The first-order valence-corrected chi connectivity index (χ1v) is 7.01. The lowest BCUT2D eigenvalue weighted by Gasteiger charge is -2.13. The van der Waals surface area contributed by atoms with Gasteiger partial charge in [-0.2, -0.15) is 0 Å². The third-order valence-electron chi connectivity index (χ3n) is 2.87. The van der Waals surface area contributed by atoms with Crippen LogP contribution in [-0.4, -0.2) is 16.6 Å². The van der Waals surface area contributed by atoms with Gasteiger partial charge in [-0.25, -0.2) is 4.98 Å². The third kappa shape index (κ3) is 2.82. The van der Waals surface area contributed by atoms with E-state index >= 15 is 0 Å². The fourth-order valence-electron chi connectivity index (χ4n) is 2.06. The van der Waals surface area contributed by atoms with Crippen LogP contribution in [0.25, 0.3) is 5.69 Å². The number of nitrogens with one attached hydrogen (secondary N) is 1. The van der Waals surface area contributed by atoms with Crippen LogP contribution < -0.4 is 5.32 Å². The predicted octanol–water partition coefficient (Wildman–Crippen LogP) is 3.31. The van der Waals surface area contributed by atoms with E-state index in [-0.39, 0.29) is 0 Å². The summed E-state index contributed by atoms with van der Waals surface area (Å²) in [6.07, 6.45) is 6.01. The second-order valence-corrected chi connectivity index (χ2v) is 5.18. The van der Waals surface area contributed by atoms with Gasteiger partial charge in [-0.15, -0.1) is 0 Å². The van der Waals surface area contributed by atoms with Gasteiger partial charge in [0.05, 0.1) is 5.69 Å². The standard InChI is InChI=1S/C14H18BrN3/c1-3-4-14-17-7-8-18(14)13-9-12(15)6-5-11(13)10-16-2/h5-9,16H,3-4,10H2,1-2H3. The molecule has 1 N–H and O–H groups in total. The summed E-state index contributed by atoms with van der Waals surface area (Å²) in [5.74, 6) is 1.12. The summed E-state index contributed by atoms with van der Waals surface area (Å²) in [6.45, 7) is 3.03. The van der Waals surface area contributed by atoms with Gasteiger partial charge in [-0.05, 0) is 31.2 Å². The second-order valence-electron chi connectivity index (χ2n) is 4.27. The summed E-state index contributed by atoms with van der Waals surface area (Å²) < 4.78 is 3.27. The minimum atomic E-state index is 0.854. The first kappa shape index (κ1) is 13.3. The van der Waals surface area contributed by atoms with Gasteiger partial charge in [0, 0.05) is 29.8 Å². The molecule has 2 rings (SSSR count). The van der Waals surface area contributed by atoms with Crippen molar-refractivity contribution in [2.45, 2.75) is 26.3 Å². The van der Waals surface area contributed by atoms with Crippen LogP contribution in [0.1, 0.15) is 24.7 Å². The molecular weight excluding hydrogens is 290 g/mol. The molecule has 0 amide bonds. The molecule has 4 heteroatoms. The number of imidazole rings is 1. The van der Waals surface area contributed by atoms with E-state index in [0.717, 1.165) is 29.7 Å². The van der Waals surface area contributed by atoms with Crippen LogP contribution in [0.3, 0.4) is 0 Å². The van der Waals surface area contributed by atoms with Gasteiger partial charge in [0.15, 0.2) is 0 Å². The summed E-state index contributed by atoms with van der Waals surface area (Å²) in [6, 6.07) is 6.37. The summed E-state index contributed by atoms with van der Waals surface area (Å²) in [7, 11) is 1.96. The predicted molar refractivity (Wildman–Crippen MR) is 78.0 cm³/mol. The van der Waals surface area contributed by atoms with Crippen LogP contribution in [-0.2, 0) is 13.0 Å². The van der Waals surface area contributed by atoms with Crippen LogP contribution >= 0.6 is 15.9 Å². The lowest BCUT2D eigenvalue weighted by atomic mass is 10.1. The number of aromatic nitrogens is 2. The minimum absolute atomic E-state index is 0.854. The highest BCUT2D eigenvalue weighted by molar-refractivity contribution is 9.10. The van der Waals surface area contributed by atoms with Crippen molar-refractivity contribution in [2.75, 3.05) is 7.05 Å². The highest BCUT2D eigenvalue weighted by atomic mass is 79.9. The highest BCUT2D eigenvalue weighted by Crippen LogP contribution is 2.22. The molecule has 0 aliphatic carbocycles. The zero-order valence-electron chi connectivity index (χ0n) is 10.8. The monoisotopic (exact) mass is 307 g/mol. The minimum Gasteiger partial charge on any atom is -0.316 e. The largest absolute Gasteiger partial charge is 0.316 e. The smallest absolute Gasteiger partial charge is 0.113 e. The number of benzene rings is 1. The Kier molecular flexibility index (Phi) is 4.55. The Balaban J connectivity index is 2.47. The van der Waals surface area contributed by atoms with E-state index < -0.39 is 0 Å². The van der Waals surface area contributed by atoms with E-state index in [1.165, 1.54) is 11.3 Å². The van der Waals surface area contributed by atoms with Crippen LogP contribution in [0, 0.1) is 0 Å². The van der Waals surface area contributed by atoms with Crippen LogP contribution in [0.2, 0.25) is 0 Å². The number of rotatable bonds is 5. The van der Waals surface area contributed by atoms with Gasteiger partial charge in [0.2, 0.25) is 0 Å². The van der Waals surface area contributed by atoms with Crippen LogP contribution in [0.15, 0.2) is 35.1 Å². The quantitative estimate of drug-likeness (QED) is 0.918. The zero-order chi connectivity index (χ0) is 13.0. The van der Waals surface area contributed by atoms with Crippen LogP contribution in [0.5, 0.6) is 0 Å². The van der Waals surface area contributed by atoms with Gasteiger partial charge in [-0.1, -0.05) is 28.9 Å². The SMILES string of the molecule is CCCc1nccn1-c1cc(Br)ccc1CNC. The summed E-state index contributed by atoms with van der Waals surface area (Å²) >= 11 is 3.54. The van der Waals surface area contributed by atoms with Crippen molar-refractivity contribution in [3.05, 3.63) is 46.5 Å².